The molecule has 7 heteroatoms. The van der Waals surface area contributed by atoms with Gasteiger partial charge in [0.15, 0.2) is 0 Å². The van der Waals surface area contributed by atoms with Gasteiger partial charge in [0.1, 0.15) is 12.6 Å². The van der Waals surface area contributed by atoms with Gasteiger partial charge in [-0.05, 0) is 29.2 Å². The minimum atomic E-state index is -1.12. The van der Waals surface area contributed by atoms with Crippen molar-refractivity contribution in [2.24, 2.45) is 5.92 Å². The molecule has 1 aliphatic rings. The molecule has 2 unspecified atom stereocenters. The lowest BCUT2D eigenvalue weighted by Crippen LogP contribution is -2.44. The normalized spacial score (nSPS) is 14.3. The van der Waals surface area contributed by atoms with E-state index in [0.717, 1.165) is 22.3 Å². The molecule has 3 rings (SSSR count). The van der Waals surface area contributed by atoms with Crippen LogP contribution >= 0.6 is 0 Å². The van der Waals surface area contributed by atoms with E-state index in [-0.39, 0.29) is 19.1 Å². The van der Waals surface area contributed by atoms with Gasteiger partial charge in [-0.25, -0.2) is 4.79 Å². The Labute approximate surface area is 169 Å². The summed E-state index contributed by atoms with van der Waals surface area (Å²) in [6.07, 6.45) is -0.613. The van der Waals surface area contributed by atoms with Crippen LogP contribution in [0.4, 0.5) is 4.79 Å². The number of rotatable bonds is 7. The Hall–Kier alpha value is -3.35. The third-order valence-electron chi connectivity index (χ3n) is 5.07. The minimum absolute atomic E-state index is 0.0368. The van der Waals surface area contributed by atoms with Crippen molar-refractivity contribution in [1.82, 2.24) is 10.6 Å². The fourth-order valence-electron chi connectivity index (χ4n) is 3.40. The number of carboxylic acids is 1. The number of amides is 2. The van der Waals surface area contributed by atoms with Gasteiger partial charge in [-0.3, -0.25) is 9.59 Å². The third-order valence-corrected chi connectivity index (χ3v) is 5.07. The second-order valence-electron chi connectivity index (χ2n) is 7.18. The molecule has 0 aliphatic heterocycles. The van der Waals surface area contributed by atoms with Crippen LogP contribution in [0.2, 0.25) is 0 Å². The summed E-state index contributed by atoms with van der Waals surface area (Å²) < 4.78 is 5.41. The Morgan fingerprint density at radius 3 is 2.10 bits per heavy atom. The van der Waals surface area contributed by atoms with Gasteiger partial charge in [-0.2, -0.15) is 0 Å². The van der Waals surface area contributed by atoms with Crippen molar-refractivity contribution < 1.29 is 24.2 Å². The molecular weight excluding hydrogens is 372 g/mol. The molecule has 0 radical (unpaired) electrons. The highest BCUT2D eigenvalue weighted by molar-refractivity contribution is 5.85. The molecule has 29 heavy (non-hydrogen) atoms. The quantitative estimate of drug-likeness (QED) is 0.668. The van der Waals surface area contributed by atoms with Crippen LogP contribution in [-0.4, -0.2) is 42.3 Å². The Morgan fingerprint density at radius 2 is 1.55 bits per heavy atom. The van der Waals surface area contributed by atoms with Crippen LogP contribution in [0.1, 0.15) is 30.9 Å². The Kier molecular flexibility index (Phi) is 6.16. The molecule has 152 valence electrons. The zero-order chi connectivity index (χ0) is 21.0. The lowest BCUT2D eigenvalue weighted by atomic mass is 9.98. The highest BCUT2D eigenvalue weighted by Crippen LogP contribution is 2.44. The van der Waals surface area contributed by atoms with Crippen LogP contribution in [0.25, 0.3) is 11.1 Å². The van der Waals surface area contributed by atoms with Crippen molar-refractivity contribution in [3.8, 4) is 11.1 Å². The van der Waals surface area contributed by atoms with Crippen LogP contribution in [0.3, 0.4) is 0 Å². The summed E-state index contributed by atoms with van der Waals surface area (Å²) in [6.45, 7) is 3.23. The van der Waals surface area contributed by atoms with Crippen LogP contribution in [0.5, 0.6) is 0 Å². The summed E-state index contributed by atoms with van der Waals surface area (Å²) in [5.74, 6) is -2.18. The Morgan fingerprint density at radius 1 is 1.00 bits per heavy atom. The maximum Gasteiger partial charge on any atom is 0.407 e. The van der Waals surface area contributed by atoms with E-state index in [4.69, 9.17) is 9.84 Å². The third kappa shape index (κ3) is 4.56. The van der Waals surface area contributed by atoms with E-state index in [1.165, 1.54) is 6.92 Å². The standard InChI is InChI=1S/C22H24N2O5/c1-13(20(25)24-14(2)21(26)27)11-23-22(28)29-12-19-17-9-5-3-7-15(17)16-8-4-6-10-18(16)19/h3-10,13-14,19H,11-12H2,1-2H3,(H,23,28)(H,24,25)(H,26,27). The maximum atomic E-state index is 12.1. The minimum Gasteiger partial charge on any atom is -0.480 e. The van der Waals surface area contributed by atoms with Crippen LogP contribution < -0.4 is 10.6 Å². The molecule has 1 aliphatic carbocycles. The van der Waals surface area contributed by atoms with Crippen LogP contribution in [0.15, 0.2) is 48.5 Å². The summed E-state index contributed by atoms with van der Waals surface area (Å²) in [5, 5.41) is 13.8. The SMILES string of the molecule is CC(CNC(=O)OCC1c2ccccc2-c2ccccc21)C(=O)NC(C)C(=O)O. The number of hydrogen-bond donors (Lipinski definition) is 3. The fourth-order valence-corrected chi connectivity index (χ4v) is 3.40. The molecule has 0 aromatic heterocycles. The molecule has 2 aromatic rings. The fraction of sp³-hybridized carbons (Fsp3) is 0.318. The van der Waals surface area contributed by atoms with E-state index < -0.39 is 29.9 Å². The average molecular weight is 396 g/mol. The van der Waals surface area contributed by atoms with Gasteiger partial charge in [-0.15, -0.1) is 0 Å². The number of carboxylic acid groups (broad SMARTS) is 1. The molecule has 7 nitrogen and oxygen atoms in total. The summed E-state index contributed by atoms with van der Waals surface area (Å²) >= 11 is 0. The van der Waals surface area contributed by atoms with Crippen molar-refractivity contribution in [3.63, 3.8) is 0 Å². The van der Waals surface area contributed by atoms with Gasteiger partial charge in [-0.1, -0.05) is 55.5 Å². The smallest absolute Gasteiger partial charge is 0.407 e. The van der Waals surface area contributed by atoms with E-state index in [1.54, 1.807) is 6.92 Å². The van der Waals surface area contributed by atoms with Crippen molar-refractivity contribution in [3.05, 3.63) is 59.7 Å². The van der Waals surface area contributed by atoms with Gasteiger partial charge in [0, 0.05) is 12.5 Å². The summed E-state index contributed by atoms with van der Waals surface area (Å²) in [4.78, 5) is 34.9. The first-order valence-corrected chi connectivity index (χ1v) is 9.50. The summed E-state index contributed by atoms with van der Waals surface area (Å²) in [6, 6.07) is 15.1. The molecule has 0 bridgehead atoms. The zero-order valence-corrected chi connectivity index (χ0v) is 16.3. The number of fused-ring (bicyclic) bond motifs is 3. The number of ether oxygens (including phenoxy) is 1. The van der Waals surface area contributed by atoms with Gasteiger partial charge in [0.2, 0.25) is 5.91 Å². The first kappa shape index (κ1) is 20.4. The topological polar surface area (TPSA) is 105 Å². The number of benzene rings is 2. The van der Waals surface area contributed by atoms with Gasteiger partial charge < -0.3 is 20.5 Å². The zero-order valence-electron chi connectivity index (χ0n) is 16.3. The summed E-state index contributed by atoms with van der Waals surface area (Å²) in [7, 11) is 0. The highest BCUT2D eigenvalue weighted by atomic mass is 16.5. The molecule has 2 amide bonds. The van der Waals surface area contributed by atoms with Crippen molar-refractivity contribution >= 4 is 18.0 Å². The largest absolute Gasteiger partial charge is 0.480 e. The number of carbonyl (C=O) groups is 3. The van der Waals surface area contributed by atoms with Crippen molar-refractivity contribution in [1.29, 1.82) is 0 Å². The van der Waals surface area contributed by atoms with E-state index in [2.05, 4.69) is 22.8 Å². The number of aliphatic carboxylic acids is 1. The first-order chi connectivity index (χ1) is 13.9. The lowest BCUT2D eigenvalue weighted by molar-refractivity contribution is -0.141. The van der Waals surface area contributed by atoms with E-state index in [9.17, 15) is 14.4 Å². The molecule has 0 heterocycles. The monoisotopic (exact) mass is 396 g/mol. The van der Waals surface area contributed by atoms with E-state index in [0.29, 0.717) is 0 Å². The van der Waals surface area contributed by atoms with E-state index >= 15 is 0 Å². The van der Waals surface area contributed by atoms with Gasteiger partial charge >= 0.3 is 12.1 Å². The van der Waals surface area contributed by atoms with Gasteiger partial charge in [0.05, 0.1) is 5.92 Å². The number of nitrogens with one attached hydrogen (secondary N) is 2. The number of hydrogen-bond acceptors (Lipinski definition) is 4. The highest BCUT2D eigenvalue weighted by Gasteiger charge is 2.29. The predicted molar refractivity (Wildman–Crippen MR) is 107 cm³/mol. The van der Waals surface area contributed by atoms with Gasteiger partial charge in [0.25, 0.3) is 0 Å². The molecule has 2 aromatic carbocycles. The molecular formula is C22H24N2O5. The molecule has 0 saturated heterocycles. The molecule has 0 spiro atoms. The second kappa shape index (κ2) is 8.77. The van der Waals surface area contributed by atoms with Crippen LogP contribution in [0, 0.1) is 5.92 Å². The molecule has 0 saturated carbocycles. The van der Waals surface area contributed by atoms with Crippen LogP contribution in [-0.2, 0) is 14.3 Å². The second-order valence-corrected chi connectivity index (χ2v) is 7.18. The summed E-state index contributed by atoms with van der Waals surface area (Å²) in [5.41, 5.74) is 4.54. The molecule has 0 fully saturated rings. The van der Waals surface area contributed by atoms with Crippen molar-refractivity contribution in [2.75, 3.05) is 13.2 Å². The average Bonchev–Trinajstić information content (AvgIpc) is 3.04. The Balaban J connectivity index is 1.54. The van der Waals surface area contributed by atoms with Crippen molar-refractivity contribution in [2.45, 2.75) is 25.8 Å². The predicted octanol–water partition coefficient (Wildman–Crippen LogP) is 2.75. The number of alkyl carbamates (subject to hydrolysis) is 1. The lowest BCUT2D eigenvalue weighted by Gasteiger charge is -2.17. The Bertz CT molecular complexity index is 881. The number of carbonyl (C=O) groups excluding carboxylic acids is 2. The molecule has 2 atom stereocenters. The first-order valence-electron chi connectivity index (χ1n) is 9.50. The maximum absolute atomic E-state index is 12.1. The molecule has 3 N–H and O–H groups in total. The van der Waals surface area contributed by atoms with E-state index in [1.807, 2.05) is 36.4 Å².